The van der Waals surface area contributed by atoms with Gasteiger partial charge in [-0.25, -0.2) is 0 Å². The first-order valence-corrected chi connectivity index (χ1v) is 5.03. The Morgan fingerprint density at radius 1 is 1.38 bits per heavy atom. The largest absolute Gasteiger partial charge is 0.311 e. The zero-order valence-corrected chi connectivity index (χ0v) is 12.7. The molecule has 1 fully saturated rings. The molecule has 0 radical (unpaired) electrons. The van der Waals surface area contributed by atoms with Gasteiger partial charge in [0.15, 0.2) is 5.91 Å². The molecule has 0 bridgehead atoms. The molecular weight excluding hydrogens is 378 g/mol. The van der Waals surface area contributed by atoms with Crippen molar-refractivity contribution in [3.63, 3.8) is 0 Å². The molecule has 1 rings (SSSR count). The molecule has 1 heterocycles. The molecule has 0 aromatic carbocycles. The molecule has 1 saturated heterocycles. The molecule has 0 aromatic rings. The van der Waals surface area contributed by atoms with Crippen molar-refractivity contribution >= 4 is 17.6 Å². The van der Waals surface area contributed by atoms with E-state index in [9.17, 15) is 14.4 Å². The number of hydrogen-bond donors (Lipinski definition) is 0. The molecule has 90 valence electrons. The number of imide groups is 1. The summed E-state index contributed by atoms with van der Waals surface area (Å²) in [5.74, 6) is -0.418. The number of nitrogens with zero attached hydrogens (tertiary/aromatic N) is 1. The molecule has 0 unspecified atom stereocenters. The number of carbonyl (C=O) groups excluding carboxylic acids is 3. The van der Waals surface area contributed by atoms with Crippen LogP contribution in [0.2, 0.25) is 0 Å². The normalized spacial score (nSPS) is 15.8. The van der Waals surface area contributed by atoms with E-state index in [1.807, 2.05) is 20.8 Å². The first kappa shape index (κ1) is 15.4. The summed E-state index contributed by atoms with van der Waals surface area (Å²) in [6.45, 7) is 5.70. The number of carbonyl (C=O) groups is 3. The van der Waals surface area contributed by atoms with Crippen LogP contribution in [-0.4, -0.2) is 29.0 Å². The van der Waals surface area contributed by atoms with Crippen LogP contribution in [0.4, 0.5) is 0 Å². The Morgan fingerprint density at radius 2 is 1.94 bits per heavy atom. The van der Waals surface area contributed by atoms with Gasteiger partial charge in [-0.15, -0.1) is 0 Å². The van der Waals surface area contributed by atoms with E-state index in [0.717, 1.165) is 4.90 Å². The van der Waals surface area contributed by atoms with Crippen molar-refractivity contribution in [1.29, 1.82) is 0 Å². The summed E-state index contributed by atoms with van der Waals surface area (Å²) in [7, 11) is 0. The first-order valence-electron chi connectivity index (χ1n) is 5.03. The zero-order valence-electron chi connectivity index (χ0n) is 9.78. The maximum atomic E-state index is 11.6. The third-order valence-corrected chi connectivity index (χ3v) is 2.42. The molecule has 5 heteroatoms. The topological polar surface area (TPSA) is 54.5 Å². The summed E-state index contributed by atoms with van der Waals surface area (Å²) in [6, 6.07) is 0. The second-order valence-electron chi connectivity index (χ2n) is 4.72. The Kier molecular flexibility index (Phi) is 5.40. The predicted molar refractivity (Wildman–Crippen MR) is 54.7 cm³/mol. The third-order valence-electron chi connectivity index (χ3n) is 2.42. The van der Waals surface area contributed by atoms with E-state index in [4.69, 9.17) is 0 Å². The Labute approximate surface area is 110 Å². The van der Waals surface area contributed by atoms with Crippen LogP contribution in [0, 0.1) is 11.8 Å². The minimum Gasteiger partial charge on any atom is -0.311 e. The van der Waals surface area contributed by atoms with Crippen LogP contribution in [0.15, 0.2) is 0 Å². The van der Waals surface area contributed by atoms with Gasteiger partial charge in [-0.3, -0.25) is 16.0 Å². The second-order valence-corrected chi connectivity index (χ2v) is 4.72. The summed E-state index contributed by atoms with van der Waals surface area (Å²) >= 11 is 0. The third kappa shape index (κ3) is 3.74. The molecule has 2 amide bonds. The van der Waals surface area contributed by atoms with Crippen LogP contribution in [0.5, 0.6) is 0 Å². The Morgan fingerprint density at radius 3 is 2.31 bits per heavy atom. The van der Waals surface area contributed by atoms with Crippen molar-refractivity contribution in [1.82, 2.24) is 4.90 Å². The van der Waals surface area contributed by atoms with E-state index in [-0.39, 0.29) is 58.0 Å². The van der Waals surface area contributed by atoms with Crippen molar-refractivity contribution in [2.24, 2.45) is 5.41 Å². The smallest absolute Gasteiger partial charge is 0.200 e. The summed E-state index contributed by atoms with van der Waals surface area (Å²) < 4.78 is 0. The van der Waals surface area contributed by atoms with Gasteiger partial charge in [0.1, 0.15) is 5.78 Å². The summed E-state index contributed by atoms with van der Waals surface area (Å²) in [6.07, 6.45) is 1.77. The minimum absolute atomic E-state index is 0. The predicted octanol–water partition coefficient (Wildman–Crippen LogP) is 0.952. The number of likely N-dealkylation sites (tertiary alicyclic amines) is 1. The van der Waals surface area contributed by atoms with E-state index >= 15 is 0 Å². The molecule has 0 N–H and O–H groups in total. The fraction of sp³-hybridized carbons (Fsp3) is 0.636. The first-order chi connectivity index (χ1) is 6.82. The van der Waals surface area contributed by atoms with Crippen molar-refractivity contribution in [3.05, 3.63) is 6.42 Å². The van der Waals surface area contributed by atoms with E-state index in [1.165, 1.54) is 6.42 Å². The summed E-state index contributed by atoms with van der Waals surface area (Å²) in [5, 5.41) is 0. The fourth-order valence-electron chi connectivity index (χ4n) is 1.34. The Bertz CT molecular complexity index is 291. The van der Waals surface area contributed by atoms with Crippen molar-refractivity contribution < 1.29 is 35.4 Å². The number of rotatable bonds is 3. The van der Waals surface area contributed by atoms with Crippen LogP contribution in [0.1, 0.15) is 33.6 Å². The quantitative estimate of drug-likeness (QED) is 0.530. The van der Waals surface area contributed by atoms with Gasteiger partial charge in [0.2, 0.25) is 0 Å². The molecule has 1 aliphatic heterocycles. The summed E-state index contributed by atoms with van der Waals surface area (Å²) in [5.41, 5.74) is -0.407. The molecule has 4 nitrogen and oxygen atoms in total. The number of Topliss-reactive ketones (excluding diaryl/α,β-unsaturated/α-hetero) is 1. The van der Waals surface area contributed by atoms with Crippen LogP contribution in [0.3, 0.4) is 0 Å². The molecule has 0 aliphatic carbocycles. The maximum absolute atomic E-state index is 11.6. The van der Waals surface area contributed by atoms with Gasteiger partial charge in [-0.2, -0.15) is 0 Å². The van der Waals surface area contributed by atoms with Crippen molar-refractivity contribution in [3.8, 4) is 0 Å². The van der Waals surface area contributed by atoms with Crippen LogP contribution in [0.25, 0.3) is 0 Å². The Hall–Kier alpha value is -0.632. The standard InChI is InChI=1S/C11H16NO3.W/c1-11(2,3)8(13)6-7-12-9(14)4-5-10(12)15;/h4H,5-7H2,1-3H3;/q-1;. The van der Waals surface area contributed by atoms with E-state index in [2.05, 4.69) is 0 Å². The molecule has 16 heavy (non-hydrogen) atoms. The average Bonchev–Trinajstić information content (AvgIpc) is 2.41. The molecule has 0 spiro atoms. The molecule has 0 saturated carbocycles. The SMILES string of the molecule is CC(C)(C)C(=O)CCN1C(=O)[CH-]CC1=O.[W]. The van der Waals surface area contributed by atoms with Gasteiger partial charge in [0.05, 0.1) is 5.91 Å². The molecular formula is C11H16NO3W-. The fourth-order valence-corrected chi connectivity index (χ4v) is 1.34. The van der Waals surface area contributed by atoms with Crippen LogP contribution < -0.4 is 0 Å². The number of ketones is 1. The van der Waals surface area contributed by atoms with E-state index in [0.29, 0.717) is 0 Å². The Balaban J connectivity index is 0.00000225. The molecule has 0 aromatic heterocycles. The van der Waals surface area contributed by atoms with Gasteiger partial charge < -0.3 is 9.69 Å². The van der Waals surface area contributed by atoms with Crippen LogP contribution >= 0.6 is 0 Å². The van der Waals surface area contributed by atoms with Crippen molar-refractivity contribution in [2.45, 2.75) is 33.6 Å². The zero-order chi connectivity index (χ0) is 11.6. The van der Waals surface area contributed by atoms with Crippen LogP contribution in [-0.2, 0) is 35.4 Å². The van der Waals surface area contributed by atoms with Crippen molar-refractivity contribution in [2.75, 3.05) is 6.54 Å². The minimum atomic E-state index is -0.407. The maximum Gasteiger partial charge on any atom is 0.200 e. The molecule has 0 atom stereocenters. The van der Waals surface area contributed by atoms with Gasteiger partial charge in [-0.05, 0) is 0 Å². The van der Waals surface area contributed by atoms with E-state index in [1.54, 1.807) is 0 Å². The number of hydrogen-bond acceptors (Lipinski definition) is 3. The van der Waals surface area contributed by atoms with Gasteiger partial charge in [0, 0.05) is 39.4 Å². The monoisotopic (exact) mass is 394 g/mol. The van der Waals surface area contributed by atoms with E-state index < -0.39 is 5.41 Å². The van der Waals surface area contributed by atoms with Gasteiger partial charge in [-0.1, -0.05) is 27.2 Å². The second kappa shape index (κ2) is 5.62. The number of amides is 2. The van der Waals surface area contributed by atoms with Gasteiger partial charge in [0.25, 0.3) is 0 Å². The van der Waals surface area contributed by atoms with Gasteiger partial charge >= 0.3 is 0 Å². The molecule has 1 aliphatic rings. The summed E-state index contributed by atoms with van der Waals surface area (Å²) in [4.78, 5) is 35.1. The average molecular weight is 394 g/mol.